The Morgan fingerprint density at radius 2 is 1.66 bits per heavy atom. The van der Waals surface area contributed by atoms with Crippen molar-refractivity contribution >= 4 is 34.8 Å². The van der Waals surface area contributed by atoms with Gasteiger partial charge in [0, 0.05) is 42.5 Å². The second-order valence-electron chi connectivity index (χ2n) is 7.90. The van der Waals surface area contributed by atoms with Crippen molar-refractivity contribution in [3.05, 3.63) is 72.1 Å². The zero-order valence-corrected chi connectivity index (χ0v) is 17.2. The summed E-state index contributed by atoms with van der Waals surface area (Å²) in [6.07, 6.45) is 0.917. The summed E-state index contributed by atoms with van der Waals surface area (Å²) in [6.45, 7) is 0.415. The van der Waals surface area contributed by atoms with Crippen molar-refractivity contribution in [2.24, 2.45) is 0 Å². The molecule has 2 amide bonds. The number of aromatic nitrogens is 2. The van der Waals surface area contributed by atoms with Crippen LogP contribution in [0.4, 0.5) is 23.0 Å². The summed E-state index contributed by atoms with van der Waals surface area (Å²) in [5.74, 6) is 0.583. The Hall–Kier alpha value is -3.98. The van der Waals surface area contributed by atoms with E-state index in [2.05, 4.69) is 25.9 Å². The zero-order valence-electron chi connectivity index (χ0n) is 17.2. The summed E-state index contributed by atoms with van der Waals surface area (Å²) in [7, 11) is 0. The fraction of sp³-hybridized carbons (Fsp3) is 0.217. The SMILES string of the molecule is O=C1NCc2cccc(c2)Nc2cc(ncn2)Nc2cccc(c2)C(=O)N2CC(O)CC12. The molecule has 3 aromatic rings. The zero-order chi connectivity index (χ0) is 22.1. The number of fused-ring (bicyclic) bond motifs is 7. The van der Waals surface area contributed by atoms with Gasteiger partial charge in [0.05, 0.1) is 6.10 Å². The van der Waals surface area contributed by atoms with Crippen LogP contribution in [0.3, 0.4) is 0 Å². The number of benzene rings is 2. The molecule has 0 radical (unpaired) electrons. The van der Waals surface area contributed by atoms with Crippen LogP contribution >= 0.6 is 0 Å². The van der Waals surface area contributed by atoms with Gasteiger partial charge in [0.2, 0.25) is 5.91 Å². The maximum Gasteiger partial charge on any atom is 0.254 e. The second kappa shape index (κ2) is 8.27. The van der Waals surface area contributed by atoms with Gasteiger partial charge < -0.3 is 26.0 Å². The van der Waals surface area contributed by atoms with Crippen LogP contribution in [-0.4, -0.2) is 50.5 Å². The molecule has 6 bridgehead atoms. The normalized spacial score (nSPS) is 20.5. The van der Waals surface area contributed by atoms with Crippen LogP contribution < -0.4 is 16.0 Å². The Kier molecular flexibility index (Phi) is 5.16. The van der Waals surface area contributed by atoms with Crippen molar-refractivity contribution in [2.75, 3.05) is 17.2 Å². The third-order valence-electron chi connectivity index (χ3n) is 5.56. The fourth-order valence-corrected chi connectivity index (χ4v) is 4.04. The maximum absolute atomic E-state index is 13.2. The quantitative estimate of drug-likeness (QED) is 0.431. The van der Waals surface area contributed by atoms with Gasteiger partial charge in [0.15, 0.2) is 0 Å². The number of hydrogen-bond donors (Lipinski definition) is 4. The van der Waals surface area contributed by atoms with Gasteiger partial charge in [-0.3, -0.25) is 9.59 Å². The number of carbonyl (C=O) groups is 2. The van der Waals surface area contributed by atoms with Gasteiger partial charge in [-0.25, -0.2) is 9.97 Å². The standard InChI is InChI=1S/C23H22N6O3/c30-18-9-19-22(31)24-11-14-3-1-5-16(7-14)27-20-10-21(26-13-25-20)28-17-6-2-4-15(8-17)23(32)29(19)12-18/h1-8,10,13,18-19,30H,9,11-12H2,(H,24,31)(H2,25,26,27,28). The maximum atomic E-state index is 13.2. The van der Waals surface area contributed by atoms with Crippen molar-refractivity contribution in [3.8, 4) is 0 Å². The van der Waals surface area contributed by atoms with E-state index in [-0.39, 0.29) is 24.8 Å². The van der Waals surface area contributed by atoms with Gasteiger partial charge in [0.1, 0.15) is 24.0 Å². The van der Waals surface area contributed by atoms with Crippen LogP contribution in [0.15, 0.2) is 60.9 Å². The molecule has 2 unspecified atom stereocenters. The second-order valence-corrected chi connectivity index (χ2v) is 7.90. The highest BCUT2D eigenvalue weighted by atomic mass is 16.3. The Bertz CT molecular complexity index is 1180. The van der Waals surface area contributed by atoms with Gasteiger partial charge in [-0.1, -0.05) is 18.2 Å². The summed E-state index contributed by atoms with van der Waals surface area (Å²) >= 11 is 0. The monoisotopic (exact) mass is 430 g/mol. The van der Waals surface area contributed by atoms with E-state index in [1.165, 1.54) is 11.2 Å². The summed E-state index contributed by atoms with van der Waals surface area (Å²) in [5, 5.41) is 19.5. The van der Waals surface area contributed by atoms with E-state index in [1.54, 1.807) is 24.3 Å². The molecule has 1 saturated heterocycles. The van der Waals surface area contributed by atoms with Gasteiger partial charge in [0.25, 0.3) is 5.91 Å². The lowest BCUT2D eigenvalue weighted by molar-refractivity contribution is -0.125. The number of aliphatic hydroxyl groups excluding tert-OH is 1. The van der Waals surface area contributed by atoms with Gasteiger partial charge in [-0.05, 0) is 35.9 Å². The molecule has 4 N–H and O–H groups in total. The lowest BCUT2D eigenvalue weighted by Gasteiger charge is -2.24. The number of nitrogens with one attached hydrogen (secondary N) is 3. The van der Waals surface area contributed by atoms with Gasteiger partial charge in [-0.15, -0.1) is 0 Å². The minimum Gasteiger partial charge on any atom is -0.391 e. The van der Waals surface area contributed by atoms with E-state index < -0.39 is 12.1 Å². The molecular formula is C23H22N6O3. The molecule has 2 aliphatic rings. The largest absolute Gasteiger partial charge is 0.391 e. The first-order valence-electron chi connectivity index (χ1n) is 10.4. The first-order valence-corrected chi connectivity index (χ1v) is 10.4. The molecule has 2 atom stereocenters. The highest BCUT2D eigenvalue weighted by Gasteiger charge is 2.39. The molecule has 9 heteroatoms. The molecule has 2 aromatic carbocycles. The van der Waals surface area contributed by atoms with Crippen molar-refractivity contribution in [1.29, 1.82) is 0 Å². The topological polar surface area (TPSA) is 119 Å². The summed E-state index contributed by atoms with van der Waals surface area (Å²) < 4.78 is 0. The fourth-order valence-electron chi connectivity index (χ4n) is 4.04. The number of aliphatic hydroxyl groups is 1. The van der Waals surface area contributed by atoms with E-state index in [4.69, 9.17) is 0 Å². The first-order chi connectivity index (χ1) is 15.5. The minimum absolute atomic E-state index is 0.114. The Morgan fingerprint density at radius 1 is 0.938 bits per heavy atom. The molecular weight excluding hydrogens is 408 g/mol. The number of amides is 2. The predicted molar refractivity (Wildman–Crippen MR) is 119 cm³/mol. The smallest absolute Gasteiger partial charge is 0.254 e. The van der Waals surface area contributed by atoms with Crippen molar-refractivity contribution < 1.29 is 14.7 Å². The summed E-state index contributed by atoms with van der Waals surface area (Å²) in [6, 6.07) is 15.7. The Labute approximate surface area is 184 Å². The van der Waals surface area contributed by atoms with E-state index in [0.29, 0.717) is 29.4 Å². The third-order valence-corrected chi connectivity index (χ3v) is 5.56. The molecule has 3 heterocycles. The molecule has 0 spiro atoms. The number of nitrogens with zero attached hydrogens (tertiary/aromatic N) is 3. The minimum atomic E-state index is -0.742. The van der Waals surface area contributed by atoms with Crippen molar-refractivity contribution in [2.45, 2.75) is 25.1 Å². The molecule has 0 aliphatic carbocycles. The van der Waals surface area contributed by atoms with E-state index in [9.17, 15) is 14.7 Å². The number of hydrogen-bond acceptors (Lipinski definition) is 7. The number of rotatable bonds is 0. The molecule has 162 valence electrons. The van der Waals surface area contributed by atoms with Crippen molar-refractivity contribution in [1.82, 2.24) is 20.2 Å². The average molecular weight is 430 g/mol. The van der Waals surface area contributed by atoms with Crippen LogP contribution in [0.1, 0.15) is 22.3 Å². The highest BCUT2D eigenvalue weighted by molar-refractivity contribution is 5.98. The van der Waals surface area contributed by atoms with Gasteiger partial charge >= 0.3 is 0 Å². The number of anilines is 4. The molecule has 1 fully saturated rings. The molecule has 9 nitrogen and oxygen atoms in total. The Balaban J connectivity index is 1.54. The van der Waals surface area contributed by atoms with Crippen LogP contribution in [0.2, 0.25) is 0 Å². The lowest BCUT2D eigenvalue weighted by atomic mass is 10.1. The highest BCUT2D eigenvalue weighted by Crippen LogP contribution is 2.25. The van der Waals surface area contributed by atoms with Gasteiger partial charge in [-0.2, -0.15) is 0 Å². The van der Waals surface area contributed by atoms with E-state index in [0.717, 1.165) is 11.3 Å². The number of carbonyl (C=O) groups excluding carboxylic acids is 2. The lowest BCUT2D eigenvalue weighted by Crippen LogP contribution is -2.45. The molecule has 5 rings (SSSR count). The van der Waals surface area contributed by atoms with Crippen LogP contribution in [0.25, 0.3) is 0 Å². The van der Waals surface area contributed by atoms with Crippen LogP contribution in [0.5, 0.6) is 0 Å². The summed E-state index contributed by atoms with van der Waals surface area (Å²) in [4.78, 5) is 36.1. The Morgan fingerprint density at radius 3 is 2.44 bits per heavy atom. The average Bonchev–Trinajstić information content (AvgIpc) is 3.19. The van der Waals surface area contributed by atoms with Crippen LogP contribution in [0, 0.1) is 0 Å². The first kappa shape index (κ1) is 20.0. The summed E-state index contributed by atoms with van der Waals surface area (Å²) in [5.41, 5.74) is 2.81. The van der Waals surface area contributed by atoms with E-state index in [1.807, 2.05) is 30.3 Å². The van der Waals surface area contributed by atoms with E-state index >= 15 is 0 Å². The molecule has 1 aromatic heterocycles. The van der Waals surface area contributed by atoms with Crippen molar-refractivity contribution in [3.63, 3.8) is 0 Å². The molecule has 32 heavy (non-hydrogen) atoms. The molecule has 2 aliphatic heterocycles. The molecule has 0 saturated carbocycles. The third kappa shape index (κ3) is 4.10. The van der Waals surface area contributed by atoms with Crippen LogP contribution in [-0.2, 0) is 11.3 Å². The predicted octanol–water partition coefficient (Wildman–Crippen LogP) is 2.17.